The van der Waals surface area contributed by atoms with Crippen LogP contribution in [0, 0.1) is 5.82 Å². The van der Waals surface area contributed by atoms with Gasteiger partial charge in [-0.15, -0.1) is 0 Å². The molecular formula is C14H14ClFN2O2S. The lowest BCUT2D eigenvalue weighted by molar-refractivity contribution is 0.464. The number of sulfonamides is 1. The highest BCUT2D eigenvalue weighted by molar-refractivity contribution is 7.89. The average Bonchev–Trinajstić information content (AvgIpc) is 2.45. The Morgan fingerprint density at radius 3 is 2.67 bits per heavy atom. The molecule has 4 nitrogen and oxygen atoms in total. The van der Waals surface area contributed by atoms with Crippen LogP contribution in [0.5, 0.6) is 0 Å². The van der Waals surface area contributed by atoms with Gasteiger partial charge < -0.3 is 0 Å². The Balaban J connectivity index is 2.15. The molecule has 2 rings (SSSR count). The summed E-state index contributed by atoms with van der Waals surface area (Å²) < 4.78 is 39.5. The summed E-state index contributed by atoms with van der Waals surface area (Å²) in [6, 6.07) is 8.93. The minimum atomic E-state index is -3.88. The third-order valence-electron chi connectivity index (χ3n) is 2.99. The maximum absolute atomic E-state index is 13.8. The van der Waals surface area contributed by atoms with Crippen molar-refractivity contribution < 1.29 is 12.8 Å². The van der Waals surface area contributed by atoms with E-state index in [1.165, 1.54) is 19.2 Å². The van der Waals surface area contributed by atoms with Crippen molar-refractivity contribution in [2.75, 3.05) is 13.6 Å². The van der Waals surface area contributed by atoms with E-state index in [4.69, 9.17) is 11.6 Å². The first-order chi connectivity index (χ1) is 9.91. The van der Waals surface area contributed by atoms with Crippen molar-refractivity contribution in [2.45, 2.75) is 11.3 Å². The van der Waals surface area contributed by atoms with Crippen molar-refractivity contribution in [3.05, 3.63) is 59.1 Å². The van der Waals surface area contributed by atoms with Crippen molar-refractivity contribution in [1.82, 2.24) is 9.29 Å². The summed E-state index contributed by atoms with van der Waals surface area (Å²) in [5.41, 5.74) is 0.774. The second-order valence-electron chi connectivity index (χ2n) is 4.47. The van der Waals surface area contributed by atoms with Gasteiger partial charge in [0.15, 0.2) is 0 Å². The standard InChI is InChI=1S/C14H14ClFN2O2S/c1-18(9-7-12-4-2-3-8-17-12)21(19,20)14-6-5-11(15)10-13(14)16/h2-6,8,10H,7,9H2,1H3. The molecule has 112 valence electrons. The molecule has 0 radical (unpaired) electrons. The SMILES string of the molecule is CN(CCc1ccccn1)S(=O)(=O)c1ccc(Cl)cc1F. The van der Waals surface area contributed by atoms with E-state index in [2.05, 4.69) is 4.98 Å². The number of benzene rings is 1. The van der Waals surface area contributed by atoms with E-state index < -0.39 is 15.8 Å². The quantitative estimate of drug-likeness (QED) is 0.848. The first kappa shape index (κ1) is 15.9. The Hall–Kier alpha value is -1.50. The lowest BCUT2D eigenvalue weighted by Gasteiger charge is -2.17. The molecule has 0 fully saturated rings. The zero-order valence-electron chi connectivity index (χ0n) is 11.3. The number of nitrogens with zero attached hydrogens (tertiary/aromatic N) is 2. The third-order valence-corrected chi connectivity index (χ3v) is 5.12. The second-order valence-corrected chi connectivity index (χ2v) is 6.92. The van der Waals surface area contributed by atoms with Gasteiger partial charge in [-0.1, -0.05) is 17.7 Å². The number of pyridine rings is 1. The fourth-order valence-corrected chi connectivity index (χ4v) is 3.16. The van der Waals surface area contributed by atoms with Crippen LogP contribution >= 0.6 is 11.6 Å². The first-order valence-corrected chi connectivity index (χ1v) is 8.04. The Bertz CT molecular complexity index is 723. The van der Waals surface area contributed by atoms with E-state index in [1.807, 2.05) is 12.1 Å². The molecule has 0 aliphatic carbocycles. The molecule has 1 heterocycles. The molecular weight excluding hydrogens is 315 g/mol. The summed E-state index contributed by atoms with van der Waals surface area (Å²) in [7, 11) is -2.48. The number of hydrogen-bond acceptors (Lipinski definition) is 3. The Kier molecular flexibility index (Phi) is 4.92. The topological polar surface area (TPSA) is 50.3 Å². The molecule has 21 heavy (non-hydrogen) atoms. The monoisotopic (exact) mass is 328 g/mol. The summed E-state index contributed by atoms with van der Waals surface area (Å²) >= 11 is 5.63. The largest absolute Gasteiger partial charge is 0.261 e. The van der Waals surface area contributed by atoms with Crippen molar-refractivity contribution in [2.24, 2.45) is 0 Å². The average molecular weight is 329 g/mol. The second kappa shape index (κ2) is 6.51. The fraction of sp³-hybridized carbons (Fsp3) is 0.214. The highest BCUT2D eigenvalue weighted by Crippen LogP contribution is 2.21. The molecule has 0 aliphatic rings. The van der Waals surface area contributed by atoms with Crippen LogP contribution in [0.25, 0.3) is 0 Å². The van der Waals surface area contributed by atoms with Crippen LogP contribution in [0.1, 0.15) is 5.69 Å². The van der Waals surface area contributed by atoms with Gasteiger partial charge >= 0.3 is 0 Å². The molecule has 0 spiro atoms. The molecule has 0 atom stereocenters. The smallest absolute Gasteiger partial charge is 0.245 e. The molecule has 1 aromatic carbocycles. The van der Waals surface area contributed by atoms with E-state index in [-0.39, 0.29) is 16.5 Å². The predicted molar refractivity (Wildman–Crippen MR) is 79.2 cm³/mol. The van der Waals surface area contributed by atoms with E-state index >= 15 is 0 Å². The zero-order chi connectivity index (χ0) is 15.5. The molecule has 0 amide bonds. The molecule has 1 aromatic heterocycles. The fourth-order valence-electron chi connectivity index (χ4n) is 1.79. The van der Waals surface area contributed by atoms with Gasteiger partial charge in [0.2, 0.25) is 10.0 Å². The minimum absolute atomic E-state index is 0.155. The van der Waals surface area contributed by atoms with Gasteiger partial charge in [0, 0.05) is 36.9 Å². The van der Waals surface area contributed by atoms with Crippen molar-refractivity contribution in [1.29, 1.82) is 0 Å². The molecule has 0 unspecified atom stereocenters. The maximum Gasteiger partial charge on any atom is 0.245 e. The normalized spacial score (nSPS) is 11.8. The van der Waals surface area contributed by atoms with Crippen molar-refractivity contribution in [3.63, 3.8) is 0 Å². The number of likely N-dealkylation sites (N-methyl/N-ethyl adjacent to an activating group) is 1. The Morgan fingerprint density at radius 1 is 1.29 bits per heavy atom. The van der Waals surface area contributed by atoms with Gasteiger partial charge in [-0.05, 0) is 30.3 Å². The van der Waals surface area contributed by atoms with E-state index in [9.17, 15) is 12.8 Å². The Labute approximate surface area is 128 Å². The molecule has 0 N–H and O–H groups in total. The first-order valence-electron chi connectivity index (χ1n) is 6.22. The van der Waals surface area contributed by atoms with E-state index in [1.54, 1.807) is 12.3 Å². The van der Waals surface area contributed by atoms with Gasteiger partial charge in [0.1, 0.15) is 10.7 Å². The van der Waals surface area contributed by atoms with Gasteiger partial charge in [-0.25, -0.2) is 17.1 Å². The molecule has 0 saturated heterocycles. The van der Waals surface area contributed by atoms with Crippen LogP contribution in [-0.2, 0) is 16.4 Å². The van der Waals surface area contributed by atoms with E-state index in [0.717, 1.165) is 16.1 Å². The van der Waals surface area contributed by atoms with Crippen molar-refractivity contribution in [3.8, 4) is 0 Å². The van der Waals surface area contributed by atoms with Crippen LogP contribution < -0.4 is 0 Å². The highest BCUT2D eigenvalue weighted by atomic mass is 35.5. The zero-order valence-corrected chi connectivity index (χ0v) is 12.9. The van der Waals surface area contributed by atoms with Crippen LogP contribution in [0.15, 0.2) is 47.5 Å². The third kappa shape index (κ3) is 3.78. The lowest BCUT2D eigenvalue weighted by atomic mass is 10.3. The molecule has 7 heteroatoms. The summed E-state index contributed by atoms with van der Waals surface area (Å²) in [5, 5.41) is 0.155. The highest BCUT2D eigenvalue weighted by Gasteiger charge is 2.24. The minimum Gasteiger partial charge on any atom is -0.261 e. The number of hydrogen-bond donors (Lipinski definition) is 0. The summed E-state index contributed by atoms with van der Waals surface area (Å²) in [4.78, 5) is 3.74. The molecule has 0 saturated carbocycles. The maximum atomic E-state index is 13.8. The summed E-state index contributed by atoms with van der Waals surface area (Å²) in [5.74, 6) is -0.854. The number of halogens is 2. The van der Waals surface area contributed by atoms with Crippen LogP contribution in [0.3, 0.4) is 0 Å². The summed E-state index contributed by atoms with van der Waals surface area (Å²) in [6.45, 7) is 0.210. The van der Waals surface area contributed by atoms with Crippen LogP contribution in [0.4, 0.5) is 4.39 Å². The van der Waals surface area contributed by atoms with Gasteiger partial charge in [0.25, 0.3) is 0 Å². The Morgan fingerprint density at radius 2 is 2.05 bits per heavy atom. The van der Waals surface area contributed by atoms with E-state index in [0.29, 0.717) is 6.42 Å². The van der Waals surface area contributed by atoms with Gasteiger partial charge in [0.05, 0.1) is 0 Å². The van der Waals surface area contributed by atoms with Crippen LogP contribution in [0.2, 0.25) is 5.02 Å². The van der Waals surface area contributed by atoms with Gasteiger partial charge in [-0.2, -0.15) is 0 Å². The number of rotatable bonds is 5. The van der Waals surface area contributed by atoms with Gasteiger partial charge in [-0.3, -0.25) is 4.98 Å². The molecule has 0 aliphatic heterocycles. The van der Waals surface area contributed by atoms with Crippen molar-refractivity contribution >= 4 is 21.6 Å². The van der Waals surface area contributed by atoms with Crippen LogP contribution in [-0.4, -0.2) is 31.3 Å². The molecule has 0 bridgehead atoms. The predicted octanol–water partition coefficient (Wildman–Crippen LogP) is 2.74. The number of aromatic nitrogens is 1. The molecule has 2 aromatic rings. The lowest BCUT2D eigenvalue weighted by Crippen LogP contribution is -2.29. The summed E-state index contributed by atoms with van der Waals surface area (Å²) in [6.07, 6.45) is 2.09.